The van der Waals surface area contributed by atoms with Gasteiger partial charge in [-0.2, -0.15) is 5.10 Å². The van der Waals surface area contributed by atoms with Crippen molar-refractivity contribution in [1.82, 2.24) is 14.7 Å². The molecule has 0 spiro atoms. The van der Waals surface area contributed by atoms with E-state index >= 15 is 0 Å². The van der Waals surface area contributed by atoms with Crippen molar-refractivity contribution in [2.75, 3.05) is 12.4 Å². The average molecular weight is 306 g/mol. The Morgan fingerprint density at radius 2 is 2.05 bits per heavy atom. The molecule has 21 heavy (non-hydrogen) atoms. The first-order valence-electron chi connectivity index (χ1n) is 6.66. The zero-order valence-electron chi connectivity index (χ0n) is 12.6. The topological polar surface area (TPSA) is 33.1 Å². The van der Waals surface area contributed by atoms with Gasteiger partial charge in [-0.1, -0.05) is 12.1 Å². The number of thiocarbonyl (C=S) groups is 1. The molecule has 0 atom stereocenters. The predicted molar refractivity (Wildman–Crippen MR) is 86.8 cm³/mol. The molecule has 0 amide bonds. The largest absolute Gasteiger partial charge is 0.348 e. The fraction of sp³-hybridized carbons (Fsp3) is 0.333. The van der Waals surface area contributed by atoms with Crippen molar-refractivity contribution in [2.24, 2.45) is 7.05 Å². The van der Waals surface area contributed by atoms with E-state index in [1.807, 2.05) is 37.5 Å². The SMILES string of the molecule is Cc1nn(C)c(C)c1CN(C)C(=S)Nc1ccccc1F. The molecule has 0 radical (unpaired) electrons. The number of hydrogen-bond acceptors (Lipinski definition) is 2. The third-order valence-corrected chi connectivity index (χ3v) is 3.93. The summed E-state index contributed by atoms with van der Waals surface area (Å²) in [6.07, 6.45) is 0. The Balaban J connectivity index is 2.08. The molecule has 1 aromatic heterocycles. The summed E-state index contributed by atoms with van der Waals surface area (Å²) in [5.74, 6) is -0.318. The number of anilines is 1. The summed E-state index contributed by atoms with van der Waals surface area (Å²) in [4.78, 5) is 1.87. The fourth-order valence-corrected chi connectivity index (χ4v) is 2.30. The second-order valence-electron chi connectivity index (χ2n) is 5.04. The second kappa shape index (κ2) is 6.22. The van der Waals surface area contributed by atoms with Crippen LogP contribution in [-0.4, -0.2) is 26.8 Å². The molecule has 4 nitrogen and oxygen atoms in total. The lowest BCUT2D eigenvalue weighted by Gasteiger charge is -2.21. The van der Waals surface area contributed by atoms with Crippen molar-refractivity contribution >= 4 is 23.0 Å². The summed E-state index contributed by atoms with van der Waals surface area (Å²) >= 11 is 5.33. The molecule has 0 aliphatic carbocycles. The van der Waals surface area contributed by atoms with Gasteiger partial charge in [-0.15, -0.1) is 0 Å². The van der Waals surface area contributed by atoms with Crippen molar-refractivity contribution in [3.63, 3.8) is 0 Å². The number of para-hydroxylation sites is 1. The van der Waals surface area contributed by atoms with E-state index in [1.54, 1.807) is 18.2 Å². The molecule has 2 rings (SSSR count). The number of aromatic nitrogens is 2. The standard InChI is InChI=1S/C15H19FN4S/c1-10-12(11(2)20(4)18-10)9-19(3)15(21)17-14-8-6-5-7-13(14)16/h5-8H,9H2,1-4H3,(H,17,21). The molecule has 0 bridgehead atoms. The lowest BCUT2D eigenvalue weighted by atomic mass is 10.2. The van der Waals surface area contributed by atoms with E-state index in [1.165, 1.54) is 6.07 Å². The molecule has 1 aromatic carbocycles. The molecule has 0 aliphatic rings. The van der Waals surface area contributed by atoms with Crippen molar-refractivity contribution < 1.29 is 4.39 Å². The van der Waals surface area contributed by atoms with Crippen molar-refractivity contribution in [1.29, 1.82) is 0 Å². The number of benzene rings is 1. The summed E-state index contributed by atoms with van der Waals surface area (Å²) in [6.45, 7) is 4.63. The number of halogens is 1. The Kier molecular flexibility index (Phi) is 4.57. The van der Waals surface area contributed by atoms with Gasteiger partial charge < -0.3 is 10.2 Å². The van der Waals surface area contributed by atoms with Gasteiger partial charge in [-0.25, -0.2) is 4.39 Å². The summed E-state index contributed by atoms with van der Waals surface area (Å²) in [6, 6.07) is 6.48. The number of rotatable bonds is 3. The highest BCUT2D eigenvalue weighted by atomic mass is 32.1. The molecule has 0 fully saturated rings. The van der Waals surface area contributed by atoms with Crippen molar-refractivity contribution in [3.05, 3.63) is 47.0 Å². The third-order valence-electron chi connectivity index (χ3n) is 3.52. The quantitative estimate of drug-likeness (QED) is 0.884. The molecule has 6 heteroatoms. The van der Waals surface area contributed by atoms with E-state index in [9.17, 15) is 4.39 Å². The van der Waals surface area contributed by atoms with E-state index in [-0.39, 0.29) is 5.82 Å². The van der Waals surface area contributed by atoms with E-state index in [2.05, 4.69) is 10.4 Å². The number of aryl methyl sites for hydroxylation is 2. The van der Waals surface area contributed by atoms with Crippen LogP contribution < -0.4 is 5.32 Å². The maximum atomic E-state index is 13.6. The van der Waals surface area contributed by atoms with E-state index in [4.69, 9.17) is 12.2 Å². The van der Waals surface area contributed by atoms with Crippen molar-refractivity contribution in [3.8, 4) is 0 Å². The van der Waals surface area contributed by atoms with Crippen LogP contribution in [-0.2, 0) is 13.6 Å². The molecular weight excluding hydrogens is 287 g/mol. The van der Waals surface area contributed by atoms with Crippen LogP contribution in [0.2, 0.25) is 0 Å². The molecule has 0 unspecified atom stereocenters. The Morgan fingerprint density at radius 3 is 2.62 bits per heavy atom. The van der Waals surface area contributed by atoms with Crippen LogP contribution in [0, 0.1) is 19.7 Å². The Bertz CT molecular complexity index is 666. The van der Waals surface area contributed by atoms with Gasteiger partial charge >= 0.3 is 0 Å². The summed E-state index contributed by atoms with van der Waals surface area (Å²) in [7, 11) is 3.80. The van der Waals surface area contributed by atoms with E-state index < -0.39 is 0 Å². The first-order valence-corrected chi connectivity index (χ1v) is 7.06. The van der Waals surface area contributed by atoms with Gasteiger partial charge in [0.05, 0.1) is 11.4 Å². The van der Waals surface area contributed by atoms with Crippen molar-refractivity contribution in [2.45, 2.75) is 20.4 Å². The van der Waals surface area contributed by atoms with Crippen LogP contribution >= 0.6 is 12.2 Å². The van der Waals surface area contributed by atoms with Crippen LogP contribution in [0.25, 0.3) is 0 Å². The minimum atomic E-state index is -0.318. The summed E-state index contributed by atoms with van der Waals surface area (Å²) in [5, 5.41) is 7.79. The second-order valence-corrected chi connectivity index (χ2v) is 5.43. The molecule has 1 heterocycles. The molecule has 112 valence electrons. The predicted octanol–water partition coefficient (Wildman–Crippen LogP) is 3.00. The van der Waals surface area contributed by atoms with E-state index in [0.717, 1.165) is 17.0 Å². The normalized spacial score (nSPS) is 10.5. The summed E-state index contributed by atoms with van der Waals surface area (Å²) in [5.41, 5.74) is 3.61. The lowest BCUT2D eigenvalue weighted by Crippen LogP contribution is -2.31. The van der Waals surface area contributed by atoms with Gasteiger partial charge in [0.25, 0.3) is 0 Å². The molecular formula is C15H19FN4S. The van der Waals surface area contributed by atoms with Crippen LogP contribution in [0.15, 0.2) is 24.3 Å². The van der Waals surface area contributed by atoms with Crippen LogP contribution in [0.1, 0.15) is 17.0 Å². The average Bonchev–Trinajstić information content (AvgIpc) is 2.67. The maximum absolute atomic E-state index is 13.6. The van der Waals surface area contributed by atoms with Crippen LogP contribution in [0.4, 0.5) is 10.1 Å². The highest BCUT2D eigenvalue weighted by Gasteiger charge is 2.14. The van der Waals surface area contributed by atoms with Gasteiger partial charge in [-0.05, 0) is 38.2 Å². The molecule has 0 saturated carbocycles. The van der Waals surface area contributed by atoms with E-state index in [0.29, 0.717) is 17.3 Å². The highest BCUT2D eigenvalue weighted by Crippen LogP contribution is 2.16. The fourth-order valence-electron chi connectivity index (χ4n) is 2.13. The van der Waals surface area contributed by atoms with Gasteiger partial charge in [-0.3, -0.25) is 4.68 Å². The molecule has 1 N–H and O–H groups in total. The first-order chi connectivity index (χ1) is 9.90. The third kappa shape index (κ3) is 3.39. The van der Waals surface area contributed by atoms with Gasteiger partial charge in [0.15, 0.2) is 5.11 Å². The van der Waals surface area contributed by atoms with Crippen LogP contribution in [0.3, 0.4) is 0 Å². The first kappa shape index (κ1) is 15.4. The molecule has 2 aromatic rings. The zero-order valence-corrected chi connectivity index (χ0v) is 13.5. The minimum Gasteiger partial charge on any atom is -0.348 e. The zero-order chi connectivity index (χ0) is 15.6. The van der Waals surface area contributed by atoms with Gasteiger partial charge in [0.2, 0.25) is 0 Å². The molecule has 0 saturated heterocycles. The highest BCUT2D eigenvalue weighted by molar-refractivity contribution is 7.80. The lowest BCUT2D eigenvalue weighted by molar-refractivity contribution is 0.504. The van der Waals surface area contributed by atoms with Crippen LogP contribution in [0.5, 0.6) is 0 Å². The summed E-state index contributed by atoms with van der Waals surface area (Å²) < 4.78 is 15.5. The number of hydrogen-bond donors (Lipinski definition) is 1. The Morgan fingerprint density at radius 1 is 1.38 bits per heavy atom. The Hall–Kier alpha value is -1.95. The maximum Gasteiger partial charge on any atom is 0.173 e. The minimum absolute atomic E-state index is 0.318. The number of nitrogens with zero attached hydrogens (tertiary/aromatic N) is 3. The number of nitrogens with one attached hydrogen (secondary N) is 1. The monoisotopic (exact) mass is 306 g/mol. The Labute approximate surface area is 129 Å². The molecule has 0 aliphatic heterocycles. The van der Waals surface area contributed by atoms with Gasteiger partial charge in [0, 0.05) is 31.9 Å². The smallest absolute Gasteiger partial charge is 0.173 e. The van der Waals surface area contributed by atoms with Gasteiger partial charge in [0.1, 0.15) is 5.82 Å².